The molecule has 0 fully saturated rings. The van der Waals surface area contributed by atoms with Crippen molar-refractivity contribution < 1.29 is 14.7 Å². The maximum absolute atomic E-state index is 13.3. The molecule has 2 N–H and O–H groups in total. The highest BCUT2D eigenvalue weighted by Crippen LogP contribution is 2.29. The number of hydrogen-bond donors (Lipinski definition) is 2. The van der Waals surface area contributed by atoms with Crippen LogP contribution in [0.1, 0.15) is 44.6 Å². The fourth-order valence-corrected chi connectivity index (χ4v) is 5.02. The number of rotatable bonds is 11. The van der Waals surface area contributed by atoms with Crippen LogP contribution >= 0.6 is 11.8 Å². The van der Waals surface area contributed by atoms with Gasteiger partial charge in [0.15, 0.2) is 0 Å². The fourth-order valence-electron chi connectivity index (χ4n) is 4.55. The van der Waals surface area contributed by atoms with Gasteiger partial charge in [-0.1, -0.05) is 97.1 Å². The predicted octanol–water partition coefficient (Wildman–Crippen LogP) is 7.36. The molecule has 5 heteroatoms. The summed E-state index contributed by atoms with van der Waals surface area (Å²) < 4.78 is 0. The van der Waals surface area contributed by atoms with E-state index in [0.717, 1.165) is 34.2 Å². The molecule has 0 spiro atoms. The Kier molecular flexibility index (Phi) is 9.76. The highest BCUT2D eigenvalue weighted by atomic mass is 32.2. The van der Waals surface area contributed by atoms with Crippen molar-refractivity contribution in [3.63, 3.8) is 0 Å². The number of hydrogen-bond acceptors (Lipinski definition) is 3. The lowest BCUT2D eigenvalue weighted by Crippen LogP contribution is -2.41. The van der Waals surface area contributed by atoms with E-state index in [1.807, 2.05) is 61.7 Å². The molecule has 0 aromatic heterocycles. The molecule has 198 valence electrons. The lowest BCUT2D eigenvalue weighted by atomic mass is 9.93. The van der Waals surface area contributed by atoms with Crippen molar-refractivity contribution in [1.82, 2.24) is 5.32 Å². The Bertz CT molecular complexity index is 1460. The molecule has 0 saturated carbocycles. The zero-order chi connectivity index (χ0) is 27.6. The fraction of sp³-hybridized carbons (Fsp3) is 0.176. The molecule has 0 saturated heterocycles. The van der Waals surface area contributed by atoms with Gasteiger partial charge in [0, 0.05) is 5.56 Å². The molecule has 4 nitrogen and oxygen atoms in total. The molecule has 0 aliphatic carbocycles. The van der Waals surface area contributed by atoms with Gasteiger partial charge < -0.3 is 10.4 Å². The standard InChI is InChI=1S/C34H33NO3S/c1-24-10-6-9-15-29(24)31-23-26(17-19-30(31)33(36)35-32(34(37)38)20-21-39-2)16-18-27-13-7-8-14-28(27)22-25-11-4-3-5-12-25/h3-19,23,32H,20-22H2,1-2H3,(H,35,36)(H,37,38)/t32-/m0/s1. The van der Waals surface area contributed by atoms with Gasteiger partial charge in [-0.3, -0.25) is 4.79 Å². The smallest absolute Gasteiger partial charge is 0.326 e. The number of carboxylic acids is 1. The van der Waals surface area contributed by atoms with E-state index in [4.69, 9.17) is 0 Å². The average Bonchev–Trinajstić information content (AvgIpc) is 2.95. The van der Waals surface area contributed by atoms with E-state index in [0.29, 0.717) is 17.7 Å². The van der Waals surface area contributed by atoms with Gasteiger partial charge >= 0.3 is 5.97 Å². The number of carbonyl (C=O) groups excluding carboxylic acids is 1. The molecule has 39 heavy (non-hydrogen) atoms. The molecule has 1 atom stereocenters. The summed E-state index contributed by atoms with van der Waals surface area (Å²) in [6, 6.07) is 31.4. The highest BCUT2D eigenvalue weighted by molar-refractivity contribution is 7.98. The van der Waals surface area contributed by atoms with Crippen LogP contribution < -0.4 is 5.32 Å². The Morgan fingerprint density at radius 2 is 1.59 bits per heavy atom. The first-order valence-electron chi connectivity index (χ1n) is 13.0. The molecule has 0 heterocycles. The van der Waals surface area contributed by atoms with Crippen LogP contribution in [-0.2, 0) is 11.2 Å². The second-order valence-corrected chi connectivity index (χ2v) is 10.4. The second kappa shape index (κ2) is 13.6. The first-order valence-corrected chi connectivity index (χ1v) is 14.4. The maximum atomic E-state index is 13.3. The minimum absolute atomic E-state index is 0.366. The van der Waals surface area contributed by atoms with E-state index in [1.54, 1.807) is 17.8 Å². The van der Waals surface area contributed by atoms with E-state index >= 15 is 0 Å². The second-order valence-electron chi connectivity index (χ2n) is 9.46. The number of benzene rings is 4. The van der Waals surface area contributed by atoms with Gasteiger partial charge in [-0.15, -0.1) is 0 Å². The summed E-state index contributed by atoms with van der Waals surface area (Å²) in [4.78, 5) is 25.1. The normalized spacial score (nSPS) is 11.8. The number of aryl methyl sites for hydroxylation is 1. The minimum atomic E-state index is -1.02. The van der Waals surface area contributed by atoms with E-state index in [-0.39, 0.29) is 5.91 Å². The van der Waals surface area contributed by atoms with Gasteiger partial charge in [0.25, 0.3) is 5.91 Å². The van der Waals surface area contributed by atoms with Crippen molar-refractivity contribution in [2.24, 2.45) is 0 Å². The third-order valence-electron chi connectivity index (χ3n) is 6.69. The van der Waals surface area contributed by atoms with Crippen LogP contribution in [0.25, 0.3) is 23.3 Å². The number of carbonyl (C=O) groups is 2. The van der Waals surface area contributed by atoms with Crippen molar-refractivity contribution in [1.29, 1.82) is 0 Å². The molecule has 0 aliphatic heterocycles. The molecule has 1 amide bonds. The Balaban J connectivity index is 1.67. The third kappa shape index (κ3) is 7.49. The quantitative estimate of drug-likeness (QED) is 0.197. The molecule has 4 rings (SSSR count). The molecule has 4 aromatic rings. The summed E-state index contributed by atoms with van der Waals surface area (Å²) in [5.41, 5.74) is 7.81. The van der Waals surface area contributed by atoms with Gasteiger partial charge in [-0.25, -0.2) is 4.79 Å². The van der Waals surface area contributed by atoms with Crippen molar-refractivity contribution in [3.8, 4) is 11.1 Å². The summed E-state index contributed by atoms with van der Waals surface area (Å²) in [6.45, 7) is 2.01. The van der Waals surface area contributed by atoms with Crippen LogP contribution in [0, 0.1) is 6.92 Å². The van der Waals surface area contributed by atoms with Crippen LogP contribution in [0.2, 0.25) is 0 Å². The van der Waals surface area contributed by atoms with Crippen LogP contribution in [-0.4, -0.2) is 35.0 Å². The predicted molar refractivity (Wildman–Crippen MR) is 163 cm³/mol. The molecule has 0 aliphatic rings. The molecular formula is C34H33NO3S. The number of nitrogens with one attached hydrogen (secondary N) is 1. The van der Waals surface area contributed by atoms with Gasteiger partial charge in [-0.05, 0) is 82.9 Å². The molecule has 0 radical (unpaired) electrons. The third-order valence-corrected chi connectivity index (χ3v) is 7.33. The monoisotopic (exact) mass is 535 g/mol. The van der Waals surface area contributed by atoms with Gasteiger partial charge in [0.1, 0.15) is 6.04 Å². The lowest BCUT2D eigenvalue weighted by Gasteiger charge is -2.17. The average molecular weight is 536 g/mol. The Labute approximate surface area is 234 Å². The van der Waals surface area contributed by atoms with Crippen molar-refractivity contribution >= 4 is 35.8 Å². The van der Waals surface area contributed by atoms with E-state index < -0.39 is 12.0 Å². The maximum Gasteiger partial charge on any atom is 0.326 e. The highest BCUT2D eigenvalue weighted by Gasteiger charge is 2.22. The number of aliphatic carboxylic acids is 1. The van der Waals surface area contributed by atoms with Crippen molar-refractivity contribution in [2.45, 2.75) is 25.8 Å². The SMILES string of the molecule is CSCC[C@H](NC(=O)c1ccc(C=Cc2ccccc2Cc2ccccc2)cc1-c1ccccc1C)C(=O)O. The minimum Gasteiger partial charge on any atom is -0.480 e. The zero-order valence-corrected chi connectivity index (χ0v) is 23.1. The summed E-state index contributed by atoms with van der Waals surface area (Å²) in [7, 11) is 0. The largest absolute Gasteiger partial charge is 0.480 e. The molecule has 4 aromatic carbocycles. The number of amides is 1. The van der Waals surface area contributed by atoms with Crippen LogP contribution in [0.3, 0.4) is 0 Å². The zero-order valence-electron chi connectivity index (χ0n) is 22.3. The van der Waals surface area contributed by atoms with Crippen LogP contribution in [0.4, 0.5) is 0 Å². The Morgan fingerprint density at radius 1 is 0.872 bits per heavy atom. The van der Waals surface area contributed by atoms with Gasteiger partial charge in [0.2, 0.25) is 0 Å². The summed E-state index contributed by atoms with van der Waals surface area (Å²) in [6.07, 6.45) is 7.30. The Hall–Kier alpha value is -4.09. The summed E-state index contributed by atoms with van der Waals surface area (Å²) >= 11 is 1.56. The topological polar surface area (TPSA) is 66.4 Å². The summed E-state index contributed by atoms with van der Waals surface area (Å²) in [5.74, 6) is -0.758. The molecule has 0 bridgehead atoms. The first kappa shape index (κ1) is 27.9. The number of thioether (sulfide) groups is 1. The summed E-state index contributed by atoms with van der Waals surface area (Å²) in [5, 5.41) is 12.4. The molecular weight excluding hydrogens is 502 g/mol. The first-order chi connectivity index (χ1) is 19.0. The van der Waals surface area contributed by atoms with E-state index in [9.17, 15) is 14.7 Å². The Morgan fingerprint density at radius 3 is 2.33 bits per heavy atom. The van der Waals surface area contributed by atoms with Crippen molar-refractivity contribution in [2.75, 3.05) is 12.0 Å². The number of carboxylic acid groups (broad SMARTS) is 1. The van der Waals surface area contributed by atoms with Crippen LogP contribution in [0.5, 0.6) is 0 Å². The van der Waals surface area contributed by atoms with E-state index in [1.165, 1.54) is 11.1 Å². The van der Waals surface area contributed by atoms with Gasteiger partial charge in [-0.2, -0.15) is 11.8 Å². The van der Waals surface area contributed by atoms with E-state index in [2.05, 4.69) is 59.9 Å². The molecule has 0 unspecified atom stereocenters. The van der Waals surface area contributed by atoms with Crippen LogP contribution in [0.15, 0.2) is 97.1 Å². The lowest BCUT2D eigenvalue weighted by molar-refractivity contribution is -0.139. The van der Waals surface area contributed by atoms with Gasteiger partial charge in [0.05, 0.1) is 0 Å². The van der Waals surface area contributed by atoms with Crippen molar-refractivity contribution in [3.05, 3.63) is 130 Å².